The van der Waals surface area contributed by atoms with Crippen LogP contribution in [0.3, 0.4) is 0 Å². The molecule has 0 heterocycles. The molecule has 0 fully saturated rings. The van der Waals surface area contributed by atoms with Crippen molar-refractivity contribution in [2.75, 3.05) is 30.6 Å². The van der Waals surface area contributed by atoms with Gasteiger partial charge in [0.1, 0.15) is 5.75 Å². The number of nitrogens with one attached hydrogen (secondary N) is 1. The van der Waals surface area contributed by atoms with Crippen LogP contribution in [0.4, 0.5) is 5.69 Å². The van der Waals surface area contributed by atoms with Crippen molar-refractivity contribution in [2.45, 2.75) is 26.1 Å². The Morgan fingerprint density at radius 3 is 2.38 bits per heavy atom. The first-order chi connectivity index (χ1) is 13.7. The van der Waals surface area contributed by atoms with Gasteiger partial charge in [-0.1, -0.05) is 36.2 Å². The van der Waals surface area contributed by atoms with E-state index >= 15 is 0 Å². The lowest BCUT2D eigenvalue weighted by molar-refractivity contribution is -0.0286. The second-order valence-electron chi connectivity index (χ2n) is 6.69. The summed E-state index contributed by atoms with van der Waals surface area (Å²) in [5, 5.41) is 11.3. The van der Waals surface area contributed by atoms with Crippen LogP contribution in [0, 0.1) is 0 Å². The highest BCUT2D eigenvalue weighted by Gasteiger charge is 2.11. The van der Waals surface area contributed by atoms with Gasteiger partial charge in [0.25, 0.3) is 0 Å². The van der Waals surface area contributed by atoms with Crippen molar-refractivity contribution in [1.82, 2.24) is 4.90 Å². The zero-order valence-corrected chi connectivity index (χ0v) is 18.8. The number of ether oxygens (including phenoxy) is 1. The highest BCUT2D eigenvalue weighted by Crippen LogP contribution is 2.23. The molecule has 0 spiro atoms. The number of anilines is 1. The monoisotopic (exact) mass is 460 g/mol. The SMILES string of the molecule is CCN(CCc1ccc(Cl)c(Cl)c1)CCC(O)Oc1ccc(NS(C)(=O)=O)cc1. The van der Waals surface area contributed by atoms with Gasteiger partial charge >= 0.3 is 0 Å². The zero-order valence-electron chi connectivity index (χ0n) is 16.4. The molecule has 0 aliphatic carbocycles. The smallest absolute Gasteiger partial charge is 0.229 e. The number of hydrogen-bond acceptors (Lipinski definition) is 5. The summed E-state index contributed by atoms with van der Waals surface area (Å²) in [6.45, 7) is 4.41. The van der Waals surface area contributed by atoms with Crippen molar-refractivity contribution in [2.24, 2.45) is 0 Å². The minimum atomic E-state index is -3.32. The molecule has 0 radical (unpaired) electrons. The molecule has 1 unspecified atom stereocenters. The Morgan fingerprint density at radius 1 is 1.10 bits per heavy atom. The number of aliphatic hydroxyl groups excluding tert-OH is 1. The number of likely N-dealkylation sites (N-methyl/N-ethyl adjacent to an activating group) is 1. The molecule has 2 aromatic rings. The van der Waals surface area contributed by atoms with Crippen molar-refractivity contribution in [3.05, 3.63) is 58.1 Å². The lowest BCUT2D eigenvalue weighted by Crippen LogP contribution is -2.30. The molecular formula is C20H26Cl2N2O4S. The predicted octanol–water partition coefficient (Wildman–Crippen LogP) is 4.02. The maximum Gasteiger partial charge on any atom is 0.229 e. The highest BCUT2D eigenvalue weighted by atomic mass is 35.5. The molecule has 2 N–H and O–H groups in total. The molecule has 0 aliphatic rings. The maximum atomic E-state index is 11.2. The van der Waals surface area contributed by atoms with Gasteiger partial charge in [-0.3, -0.25) is 4.72 Å². The Balaban J connectivity index is 1.78. The van der Waals surface area contributed by atoms with Crippen LogP contribution in [-0.4, -0.2) is 50.6 Å². The van der Waals surface area contributed by atoms with E-state index in [0.29, 0.717) is 34.4 Å². The van der Waals surface area contributed by atoms with Gasteiger partial charge < -0.3 is 14.7 Å². The summed E-state index contributed by atoms with van der Waals surface area (Å²) >= 11 is 12.0. The maximum absolute atomic E-state index is 11.2. The molecule has 0 bridgehead atoms. The van der Waals surface area contributed by atoms with Crippen molar-refractivity contribution in [1.29, 1.82) is 0 Å². The molecule has 160 valence electrons. The van der Waals surface area contributed by atoms with Gasteiger partial charge in [-0.15, -0.1) is 0 Å². The number of sulfonamides is 1. The van der Waals surface area contributed by atoms with Gasteiger partial charge in [0.15, 0.2) is 6.29 Å². The molecule has 0 aromatic heterocycles. The summed E-state index contributed by atoms with van der Waals surface area (Å²) in [5.41, 5.74) is 1.55. The second kappa shape index (κ2) is 11.0. The quantitative estimate of drug-likeness (QED) is 0.495. The Kier molecular flexibility index (Phi) is 9.04. The summed E-state index contributed by atoms with van der Waals surface area (Å²) in [6.07, 6.45) is 1.40. The second-order valence-corrected chi connectivity index (χ2v) is 9.26. The number of benzene rings is 2. The molecule has 0 saturated heterocycles. The van der Waals surface area contributed by atoms with E-state index in [-0.39, 0.29) is 0 Å². The summed E-state index contributed by atoms with van der Waals surface area (Å²) < 4.78 is 30.3. The average Bonchev–Trinajstić information content (AvgIpc) is 2.65. The van der Waals surface area contributed by atoms with E-state index in [0.717, 1.165) is 31.3 Å². The molecule has 1 atom stereocenters. The van der Waals surface area contributed by atoms with E-state index in [1.54, 1.807) is 30.3 Å². The van der Waals surface area contributed by atoms with E-state index in [4.69, 9.17) is 27.9 Å². The van der Waals surface area contributed by atoms with Crippen LogP contribution in [-0.2, 0) is 16.4 Å². The van der Waals surface area contributed by atoms with Crippen molar-refractivity contribution >= 4 is 38.9 Å². The normalized spacial score (nSPS) is 12.8. The van der Waals surface area contributed by atoms with Gasteiger partial charge in [-0.25, -0.2) is 8.42 Å². The van der Waals surface area contributed by atoms with E-state index in [9.17, 15) is 13.5 Å². The van der Waals surface area contributed by atoms with Crippen LogP contribution >= 0.6 is 23.2 Å². The van der Waals surface area contributed by atoms with Gasteiger partial charge in [-0.05, 0) is 54.9 Å². The van der Waals surface area contributed by atoms with Crippen molar-refractivity contribution < 1.29 is 18.3 Å². The minimum absolute atomic E-state index is 0.439. The van der Waals surface area contributed by atoms with Crippen molar-refractivity contribution in [3.63, 3.8) is 0 Å². The standard InChI is InChI=1S/C20H26Cl2N2O4S/c1-3-24(12-10-15-4-9-18(21)19(22)14-15)13-11-20(25)28-17-7-5-16(6-8-17)23-29(2,26)27/h4-9,14,20,23,25H,3,10-13H2,1-2H3. The summed E-state index contributed by atoms with van der Waals surface area (Å²) in [6, 6.07) is 12.0. The molecule has 2 rings (SSSR count). The van der Waals surface area contributed by atoms with Gasteiger partial charge in [0, 0.05) is 25.2 Å². The largest absolute Gasteiger partial charge is 0.465 e. The lowest BCUT2D eigenvalue weighted by atomic mass is 10.1. The Hall–Kier alpha value is -1.51. The molecule has 0 aliphatic heterocycles. The number of hydrogen-bond donors (Lipinski definition) is 2. The van der Waals surface area contributed by atoms with Gasteiger partial charge in [-0.2, -0.15) is 0 Å². The fraction of sp³-hybridized carbons (Fsp3) is 0.400. The summed E-state index contributed by atoms with van der Waals surface area (Å²) in [4.78, 5) is 2.22. The van der Waals surface area contributed by atoms with Crippen molar-refractivity contribution in [3.8, 4) is 5.75 Å². The van der Waals surface area contributed by atoms with Gasteiger partial charge in [0.05, 0.1) is 16.3 Å². The summed E-state index contributed by atoms with van der Waals surface area (Å²) in [7, 11) is -3.32. The van der Waals surface area contributed by atoms with E-state index in [2.05, 4.69) is 16.5 Å². The van der Waals surface area contributed by atoms with E-state index in [1.807, 2.05) is 12.1 Å². The zero-order chi connectivity index (χ0) is 21.4. The first-order valence-corrected chi connectivity index (χ1v) is 11.9. The Bertz CT molecular complexity index is 892. The number of rotatable bonds is 11. The Labute approximate surface area is 182 Å². The third-order valence-electron chi connectivity index (χ3n) is 4.27. The van der Waals surface area contributed by atoms with Gasteiger partial charge in [0.2, 0.25) is 10.0 Å². The highest BCUT2D eigenvalue weighted by molar-refractivity contribution is 7.92. The third kappa shape index (κ3) is 8.80. The molecule has 2 aromatic carbocycles. The van der Waals surface area contributed by atoms with Crippen LogP contribution in [0.5, 0.6) is 5.75 Å². The number of nitrogens with zero attached hydrogens (tertiary/aromatic N) is 1. The van der Waals surface area contributed by atoms with E-state index in [1.165, 1.54) is 0 Å². The molecule has 29 heavy (non-hydrogen) atoms. The molecule has 0 amide bonds. The lowest BCUT2D eigenvalue weighted by Gasteiger charge is -2.22. The Morgan fingerprint density at radius 2 is 1.79 bits per heavy atom. The first kappa shape index (κ1) is 23.8. The fourth-order valence-corrected chi connectivity index (χ4v) is 3.62. The van der Waals surface area contributed by atoms with Crippen LogP contribution in [0.2, 0.25) is 10.0 Å². The van der Waals surface area contributed by atoms with Crippen LogP contribution < -0.4 is 9.46 Å². The number of aliphatic hydroxyl groups is 1. The molecular weight excluding hydrogens is 435 g/mol. The van der Waals surface area contributed by atoms with Crippen LogP contribution in [0.25, 0.3) is 0 Å². The predicted molar refractivity (Wildman–Crippen MR) is 118 cm³/mol. The summed E-state index contributed by atoms with van der Waals surface area (Å²) in [5.74, 6) is 0.468. The van der Waals surface area contributed by atoms with Crippen LogP contribution in [0.15, 0.2) is 42.5 Å². The average molecular weight is 461 g/mol. The molecule has 0 saturated carbocycles. The topological polar surface area (TPSA) is 78.9 Å². The third-order valence-corrected chi connectivity index (χ3v) is 5.62. The number of halogens is 2. The first-order valence-electron chi connectivity index (χ1n) is 9.25. The fourth-order valence-electron chi connectivity index (χ4n) is 2.74. The molecule has 9 heteroatoms. The minimum Gasteiger partial charge on any atom is -0.465 e. The van der Waals surface area contributed by atoms with E-state index < -0.39 is 16.3 Å². The van der Waals surface area contributed by atoms with Crippen LogP contribution in [0.1, 0.15) is 18.9 Å². The molecule has 6 nitrogen and oxygen atoms in total.